The van der Waals surface area contributed by atoms with E-state index in [2.05, 4.69) is 15.2 Å². The van der Waals surface area contributed by atoms with Gasteiger partial charge < -0.3 is 5.32 Å². The topological polar surface area (TPSA) is 45.2 Å². The van der Waals surface area contributed by atoms with Crippen molar-refractivity contribution in [3.8, 4) is 0 Å². The molecule has 1 aromatic heterocycles. The molecule has 5 heteroatoms. The molecular weight excluding hydrogens is 282 g/mol. The van der Waals surface area contributed by atoms with Crippen LogP contribution in [-0.4, -0.2) is 41.5 Å². The van der Waals surface area contributed by atoms with Gasteiger partial charge in [-0.15, -0.1) is 11.3 Å². The summed E-state index contributed by atoms with van der Waals surface area (Å²) in [5.41, 5.74) is 1.10. The highest BCUT2D eigenvalue weighted by Crippen LogP contribution is 2.17. The highest BCUT2D eigenvalue weighted by atomic mass is 32.1. The zero-order chi connectivity index (χ0) is 15.2. The van der Waals surface area contributed by atoms with Gasteiger partial charge in [-0.3, -0.25) is 9.69 Å². The fourth-order valence-corrected chi connectivity index (χ4v) is 3.84. The molecule has 1 saturated heterocycles. The lowest BCUT2D eigenvalue weighted by atomic mass is 10.2. The summed E-state index contributed by atoms with van der Waals surface area (Å²) in [6.45, 7) is 8.92. The molecule has 4 nitrogen and oxygen atoms in total. The molecule has 1 aliphatic heterocycles. The summed E-state index contributed by atoms with van der Waals surface area (Å²) in [6, 6.07) is -0.00704. The Labute approximate surface area is 132 Å². The fourth-order valence-electron chi connectivity index (χ4n) is 2.90. The van der Waals surface area contributed by atoms with Gasteiger partial charge in [0.25, 0.3) is 0 Å². The van der Waals surface area contributed by atoms with Crippen LogP contribution in [0.2, 0.25) is 0 Å². The maximum absolute atomic E-state index is 12.3. The van der Waals surface area contributed by atoms with Gasteiger partial charge in [0.15, 0.2) is 0 Å². The number of amides is 1. The number of carbonyl (C=O) groups excluding carboxylic acids is 1. The van der Waals surface area contributed by atoms with E-state index in [1.54, 1.807) is 11.3 Å². The molecule has 0 radical (unpaired) electrons. The second kappa shape index (κ2) is 7.90. The predicted molar refractivity (Wildman–Crippen MR) is 87.8 cm³/mol. The van der Waals surface area contributed by atoms with Crippen LogP contribution in [0.5, 0.6) is 0 Å². The number of likely N-dealkylation sites (tertiary alicyclic amines) is 1. The highest BCUT2D eigenvalue weighted by Gasteiger charge is 2.21. The summed E-state index contributed by atoms with van der Waals surface area (Å²) in [4.78, 5) is 20.3. The zero-order valence-electron chi connectivity index (χ0n) is 13.4. The normalized spacial score (nSPS) is 18.2. The molecule has 0 saturated carbocycles. The average molecular weight is 309 g/mol. The number of aryl methyl sites for hydroxylation is 2. The van der Waals surface area contributed by atoms with E-state index in [4.69, 9.17) is 0 Å². The third kappa shape index (κ3) is 4.78. The molecule has 1 fully saturated rings. The van der Waals surface area contributed by atoms with E-state index in [0.29, 0.717) is 6.54 Å². The number of carbonyl (C=O) groups is 1. The first-order chi connectivity index (χ1) is 10.1. The van der Waals surface area contributed by atoms with Gasteiger partial charge in [-0.05, 0) is 46.7 Å². The molecule has 21 heavy (non-hydrogen) atoms. The molecule has 1 atom stereocenters. The molecule has 2 rings (SSSR count). The highest BCUT2D eigenvalue weighted by molar-refractivity contribution is 7.11. The summed E-state index contributed by atoms with van der Waals surface area (Å²) < 4.78 is 0. The van der Waals surface area contributed by atoms with Crippen LogP contribution in [0, 0.1) is 13.8 Å². The van der Waals surface area contributed by atoms with Crippen LogP contribution in [0.25, 0.3) is 0 Å². The Bertz CT molecular complexity index is 464. The van der Waals surface area contributed by atoms with Crippen molar-refractivity contribution in [1.29, 1.82) is 0 Å². The van der Waals surface area contributed by atoms with Crippen LogP contribution in [0.1, 0.15) is 48.2 Å². The predicted octanol–water partition coefficient (Wildman–Crippen LogP) is 2.68. The first-order valence-corrected chi connectivity index (χ1v) is 8.84. The third-order valence-electron chi connectivity index (χ3n) is 4.22. The lowest BCUT2D eigenvalue weighted by Crippen LogP contribution is -2.46. The lowest BCUT2D eigenvalue weighted by molar-refractivity contribution is -0.125. The SMILES string of the molecule is Cc1nc(C)c(CCNC(=O)[C@@H](C)N2CCCCCC2)s1. The Morgan fingerprint density at radius 3 is 2.52 bits per heavy atom. The summed E-state index contributed by atoms with van der Waals surface area (Å²) in [5, 5.41) is 4.19. The van der Waals surface area contributed by atoms with E-state index in [9.17, 15) is 4.79 Å². The minimum Gasteiger partial charge on any atom is -0.354 e. The molecular formula is C16H27N3OS. The molecule has 0 aromatic carbocycles. The zero-order valence-corrected chi connectivity index (χ0v) is 14.3. The molecule has 118 valence electrons. The summed E-state index contributed by atoms with van der Waals surface area (Å²) in [6.07, 6.45) is 5.92. The Hall–Kier alpha value is -0.940. The molecule has 1 aliphatic rings. The van der Waals surface area contributed by atoms with E-state index in [-0.39, 0.29) is 11.9 Å². The Morgan fingerprint density at radius 1 is 1.29 bits per heavy atom. The van der Waals surface area contributed by atoms with E-state index >= 15 is 0 Å². The van der Waals surface area contributed by atoms with Crippen LogP contribution >= 0.6 is 11.3 Å². The number of rotatable bonds is 5. The lowest BCUT2D eigenvalue weighted by Gasteiger charge is -2.26. The molecule has 0 unspecified atom stereocenters. The molecule has 1 N–H and O–H groups in total. The molecule has 2 heterocycles. The minimum atomic E-state index is -0.00704. The van der Waals surface area contributed by atoms with Crippen molar-refractivity contribution < 1.29 is 4.79 Å². The van der Waals surface area contributed by atoms with Crippen molar-refractivity contribution in [3.05, 3.63) is 15.6 Å². The number of nitrogens with zero attached hydrogens (tertiary/aromatic N) is 2. The monoisotopic (exact) mass is 309 g/mol. The van der Waals surface area contributed by atoms with Gasteiger partial charge in [0.1, 0.15) is 0 Å². The molecule has 1 amide bonds. The van der Waals surface area contributed by atoms with E-state index in [0.717, 1.165) is 30.2 Å². The van der Waals surface area contributed by atoms with E-state index in [1.807, 2.05) is 20.8 Å². The maximum Gasteiger partial charge on any atom is 0.237 e. The Kier molecular flexibility index (Phi) is 6.18. The fraction of sp³-hybridized carbons (Fsp3) is 0.750. The largest absolute Gasteiger partial charge is 0.354 e. The van der Waals surface area contributed by atoms with Gasteiger partial charge in [0.05, 0.1) is 16.7 Å². The average Bonchev–Trinajstić information content (AvgIpc) is 2.68. The third-order valence-corrected chi connectivity index (χ3v) is 5.35. The number of nitrogens with one attached hydrogen (secondary N) is 1. The molecule has 0 aliphatic carbocycles. The van der Waals surface area contributed by atoms with E-state index < -0.39 is 0 Å². The van der Waals surface area contributed by atoms with Gasteiger partial charge in [0, 0.05) is 17.8 Å². The van der Waals surface area contributed by atoms with E-state index in [1.165, 1.54) is 30.6 Å². The number of hydrogen-bond donors (Lipinski definition) is 1. The van der Waals surface area contributed by atoms with Crippen molar-refractivity contribution in [2.45, 2.75) is 58.9 Å². The maximum atomic E-state index is 12.3. The Morgan fingerprint density at radius 2 is 1.95 bits per heavy atom. The quantitative estimate of drug-likeness (QED) is 0.909. The van der Waals surface area contributed by atoms with Gasteiger partial charge >= 0.3 is 0 Å². The van der Waals surface area contributed by atoms with Gasteiger partial charge in [-0.1, -0.05) is 12.8 Å². The second-order valence-corrected chi connectivity index (χ2v) is 7.20. The second-order valence-electron chi connectivity index (χ2n) is 5.91. The minimum absolute atomic E-state index is 0.00704. The van der Waals surface area contributed by atoms with Crippen molar-refractivity contribution in [2.75, 3.05) is 19.6 Å². The van der Waals surface area contributed by atoms with Crippen LogP contribution < -0.4 is 5.32 Å². The van der Waals surface area contributed by atoms with Crippen LogP contribution in [0.4, 0.5) is 0 Å². The van der Waals surface area contributed by atoms with Crippen molar-refractivity contribution in [3.63, 3.8) is 0 Å². The molecule has 1 aromatic rings. The van der Waals surface area contributed by atoms with Crippen LogP contribution in [0.3, 0.4) is 0 Å². The van der Waals surface area contributed by atoms with Crippen molar-refractivity contribution in [2.24, 2.45) is 0 Å². The van der Waals surface area contributed by atoms with Crippen LogP contribution in [-0.2, 0) is 11.2 Å². The Balaban J connectivity index is 1.76. The van der Waals surface area contributed by atoms with Crippen LogP contribution in [0.15, 0.2) is 0 Å². The number of hydrogen-bond acceptors (Lipinski definition) is 4. The van der Waals surface area contributed by atoms with Gasteiger partial charge in [-0.2, -0.15) is 0 Å². The summed E-state index contributed by atoms with van der Waals surface area (Å²) in [7, 11) is 0. The smallest absolute Gasteiger partial charge is 0.237 e. The number of aromatic nitrogens is 1. The first-order valence-electron chi connectivity index (χ1n) is 8.02. The van der Waals surface area contributed by atoms with Crippen molar-refractivity contribution >= 4 is 17.2 Å². The first kappa shape index (κ1) is 16.4. The van der Waals surface area contributed by atoms with Crippen molar-refractivity contribution in [1.82, 2.24) is 15.2 Å². The molecule has 0 spiro atoms. The number of thiazole rings is 1. The standard InChI is InChI=1S/C16H27N3OS/c1-12-15(21-14(3)18-12)8-9-17-16(20)13(2)19-10-6-4-5-7-11-19/h13H,4-11H2,1-3H3,(H,17,20)/t13-/m1/s1. The van der Waals surface area contributed by atoms with Gasteiger partial charge in [0.2, 0.25) is 5.91 Å². The molecule has 0 bridgehead atoms. The summed E-state index contributed by atoms with van der Waals surface area (Å²) >= 11 is 1.73. The van der Waals surface area contributed by atoms with Gasteiger partial charge in [-0.25, -0.2) is 4.98 Å². The summed E-state index contributed by atoms with van der Waals surface area (Å²) in [5.74, 6) is 0.163.